The molecule has 1 aliphatic rings. The number of thiophene rings is 1. The first kappa shape index (κ1) is 19.2. The van der Waals surface area contributed by atoms with E-state index in [-0.39, 0.29) is 5.91 Å². The molecule has 28 heavy (non-hydrogen) atoms. The van der Waals surface area contributed by atoms with E-state index in [4.69, 9.17) is 0 Å². The van der Waals surface area contributed by atoms with Crippen molar-refractivity contribution >= 4 is 29.0 Å². The summed E-state index contributed by atoms with van der Waals surface area (Å²) in [7, 11) is 0. The number of thioether (sulfide) groups is 1. The summed E-state index contributed by atoms with van der Waals surface area (Å²) in [6.45, 7) is 3.86. The number of hydrogen-bond donors (Lipinski definition) is 0. The van der Waals surface area contributed by atoms with Crippen LogP contribution < -0.4 is 0 Å². The smallest absolute Gasteiger partial charge is 0.233 e. The van der Waals surface area contributed by atoms with E-state index >= 15 is 0 Å². The SMILES string of the molecule is CCCN(CC1CC1)C(=O)CSc1nnc(-c2cccs2)n1-c1ccccc1. The monoisotopic (exact) mass is 412 g/mol. The second kappa shape index (κ2) is 8.92. The van der Waals surface area contributed by atoms with E-state index < -0.39 is 0 Å². The van der Waals surface area contributed by atoms with Gasteiger partial charge in [0.15, 0.2) is 11.0 Å². The van der Waals surface area contributed by atoms with Crippen LogP contribution in [0.15, 0.2) is 53.0 Å². The molecule has 3 aromatic rings. The second-order valence-electron chi connectivity index (χ2n) is 7.03. The summed E-state index contributed by atoms with van der Waals surface area (Å²) in [6.07, 6.45) is 3.51. The van der Waals surface area contributed by atoms with Crippen molar-refractivity contribution in [2.75, 3.05) is 18.8 Å². The molecule has 0 atom stereocenters. The molecule has 4 rings (SSSR count). The molecule has 1 fully saturated rings. The minimum atomic E-state index is 0.194. The van der Waals surface area contributed by atoms with Crippen LogP contribution in [0.1, 0.15) is 26.2 Å². The van der Waals surface area contributed by atoms with Gasteiger partial charge in [-0.1, -0.05) is 43.0 Å². The Morgan fingerprint density at radius 3 is 2.71 bits per heavy atom. The van der Waals surface area contributed by atoms with Gasteiger partial charge in [-0.25, -0.2) is 0 Å². The molecule has 2 aromatic heterocycles. The Balaban J connectivity index is 1.55. The fourth-order valence-corrected chi connectivity index (χ4v) is 4.71. The summed E-state index contributed by atoms with van der Waals surface area (Å²) in [4.78, 5) is 15.9. The Morgan fingerprint density at radius 1 is 1.21 bits per heavy atom. The Bertz CT molecular complexity index is 904. The topological polar surface area (TPSA) is 51.0 Å². The molecule has 5 nitrogen and oxygen atoms in total. The van der Waals surface area contributed by atoms with Crippen molar-refractivity contribution in [3.05, 3.63) is 47.8 Å². The number of para-hydroxylation sites is 1. The van der Waals surface area contributed by atoms with Crippen LogP contribution in [0.25, 0.3) is 16.4 Å². The minimum Gasteiger partial charge on any atom is -0.342 e. The van der Waals surface area contributed by atoms with Crippen LogP contribution in [0, 0.1) is 5.92 Å². The first-order valence-corrected chi connectivity index (χ1v) is 11.6. The van der Waals surface area contributed by atoms with Crippen LogP contribution in [-0.4, -0.2) is 44.4 Å². The van der Waals surface area contributed by atoms with Gasteiger partial charge >= 0.3 is 0 Å². The highest BCUT2D eigenvalue weighted by atomic mass is 32.2. The molecular weight excluding hydrogens is 388 g/mol. The largest absolute Gasteiger partial charge is 0.342 e. The van der Waals surface area contributed by atoms with Crippen LogP contribution in [0.3, 0.4) is 0 Å². The van der Waals surface area contributed by atoms with Gasteiger partial charge < -0.3 is 4.90 Å². The van der Waals surface area contributed by atoms with Crippen molar-refractivity contribution in [3.63, 3.8) is 0 Å². The van der Waals surface area contributed by atoms with E-state index in [2.05, 4.69) is 21.7 Å². The lowest BCUT2D eigenvalue weighted by molar-refractivity contribution is -0.128. The zero-order chi connectivity index (χ0) is 19.3. The fourth-order valence-electron chi connectivity index (χ4n) is 3.16. The molecule has 0 unspecified atom stereocenters. The van der Waals surface area contributed by atoms with Gasteiger partial charge in [0.2, 0.25) is 5.91 Å². The lowest BCUT2D eigenvalue weighted by Crippen LogP contribution is -2.35. The van der Waals surface area contributed by atoms with Crippen LogP contribution in [-0.2, 0) is 4.79 Å². The fraction of sp³-hybridized carbons (Fsp3) is 0.381. The average Bonchev–Trinajstić information content (AvgIpc) is 3.20. The summed E-state index contributed by atoms with van der Waals surface area (Å²) < 4.78 is 2.05. The van der Waals surface area contributed by atoms with Gasteiger partial charge in [-0.2, -0.15) is 0 Å². The van der Waals surface area contributed by atoms with E-state index in [1.807, 2.05) is 52.7 Å². The Hall–Kier alpha value is -2.12. The maximum atomic E-state index is 12.8. The van der Waals surface area contributed by atoms with Crippen molar-refractivity contribution in [3.8, 4) is 16.4 Å². The van der Waals surface area contributed by atoms with Gasteiger partial charge in [0.1, 0.15) is 0 Å². The molecule has 0 radical (unpaired) electrons. The van der Waals surface area contributed by atoms with Crippen LogP contribution in [0.5, 0.6) is 0 Å². The van der Waals surface area contributed by atoms with Gasteiger partial charge in [0, 0.05) is 18.8 Å². The normalized spacial score (nSPS) is 13.6. The highest BCUT2D eigenvalue weighted by Crippen LogP contribution is 2.32. The molecule has 0 spiro atoms. The lowest BCUT2D eigenvalue weighted by Gasteiger charge is -2.21. The molecule has 146 valence electrons. The van der Waals surface area contributed by atoms with Gasteiger partial charge in [0.05, 0.1) is 10.6 Å². The van der Waals surface area contributed by atoms with Crippen molar-refractivity contribution in [1.29, 1.82) is 0 Å². The highest BCUT2D eigenvalue weighted by molar-refractivity contribution is 7.99. The number of aromatic nitrogens is 3. The molecular formula is C21H24N4OS2. The zero-order valence-electron chi connectivity index (χ0n) is 16.0. The van der Waals surface area contributed by atoms with E-state index in [1.54, 1.807) is 11.3 Å². The van der Waals surface area contributed by atoms with Gasteiger partial charge in [-0.3, -0.25) is 9.36 Å². The summed E-state index contributed by atoms with van der Waals surface area (Å²) >= 11 is 3.11. The molecule has 1 aromatic carbocycles. The third-order valence-electron chi connectivity index (χ3n) is 4.74. The van der Waals surface area contributed by atoms with Crippen LogP contribution >= 0.6 is 23.1 Å². The number of benzene rings is 1. The van der Waals surface area contributed by atoms with E-state index in [1.165, 1.54) is 24.6 Å². The summed E-state index contributed by atoms with van der Waals surface area (Å²) in [5, 5.41) is 11.6. The maximum Gasteiger partial charge on any atom is 0.233 e. The average molecular weight is 413 g/mol. The molecule has 1 aliphatic carbocycles. The predicted octanol–water partition coefficient (Wildman–Crippen LogP) is 4.74. The molecule has 1 amide bonds. The van der Waals surface area contributed by atoms with Crippen LogP contribution in [0.2, 0.25) is 0 Å². The Kier molecular flexibility index (Phi) is 6.12. The number of amides is 1. The molecule has 7 heteroatoms. The molecule has 0 N–H and O–H groups in total. The van der Waals surface area contributed by atoms with Crippen molar-refractivity contribution in [2.45, 2.75) is 31.3 Å². The van der Waals surface area contributed by atoms with Gasteiger partial charge in [0.25, 0.3) is 0 Å². The lowest BCUT2D eigenvalue weighted by atomic mass is 10.3. The highest BCUT2D eigenvalue weighted by Gasteiger charge is 2.27. The molecule has 0 bridgehead atoms. The molecule has 0 saturated heterocycles. The van der Waals surface area contributed by atoms with Crippen molar-refractivity contribution in [2.24, 2.45) is 5.92 Å². The number of carbonyl (C=O) groups excluding carboxylic acids is 1. The number of hydrogen-bond acceptors (Lipinski definition) is 5. The molecule has 1 saturated carbocycles. The van der Waals surface area contributed by atoms with Crippen molar-refractivity contribution in [1.82, 2.24) is 19.7 Å². The third kappa shape index (κ3) is 4.47. The number of rotatable bonds is 9. The predicted molar refractivity (Wildman–Crippen MR) is 115 cm³/mol. The summed E-state index contributed by atoms with van der Waals surface area (Å²) in [6, 6.07) is 14.2. The van der Waals surface area contributed by atoms with E-state index in [0.717, 1.165) is 41.1 Å². The third-order valence-corrected chi connectivity index (χ3v) is 6.52. The van der Waals surface area contributed by atoms with Crippen molar-refractivity contribution < 1.29 is 4.79 Å². The maximum absolute atomic E-state index is 12.8. The van der Waals surface area contributed by atoms with E-state index in [9.17, 15) is 4.79 Å². The minimum absolute atomic E-state index is 0.194. The van der Waals surface area contributed by atoms with Gasteiger partial charge in [-0.15, -0.1) is 21.5 Å². The zero-order valence-corrected chi connectivity index (χ0v) is 17.6. The van der Waals surface area contributed by atoms with Crippen LogP contribution in [0.4, 0.5) is 0 Å². The standard InChI is InChI=1S/C21H24N4OS2/c1-2-12-24(14-16-10-11-16)19(26)15-28-21-23-22-20(18-9-6-13-27-18)25(21)17-7-4-3-5-8-17/h3-9,13,16H,2,10-12,14-15H2,1H3. The first-order valence-electron chi connectivity index (χ1n) is 9.71. The Morgan fingerprint density at radius 2 is 2.04 bits per heavy atom. The summed E-state index contributed by atoms with van der Waals surface area (Å²) in [5.41, 5.74) is 1.01. The number of nitrogens with zero attached hydrogens (tertiary/aromatic N) is 4. The molecule has 0 aliphatic heterocycles. The second-order valence-corrected chi connectivity index (χ2v) is 8.92. The van der Waals surface area contributed by atoms with Gasteiger partial charge in [-0.05, 0) is 48.8 Å². The quantitative estimate of drug-likeness (QED) is 0.477. The Labute approximate surface area is 173 Å². The summed E-state index contributed by atoms with van der Waals surface area (Å²) in [5.74, 6) is 2.11. The first-order chi connectivity index (χ1) is 13.8. The number of carbonyl (C=O) groups is 1. The van der Waals surface area contributed by atoms with E-state index in [0.29, 0.717) is 11.7 Å². The molecule has 2 heterocycles.